The smallest absolute Gasteiger partial charge is 0.344 e. The number of fused-ring (bicyclic) bond motifs is 1. The highest BCUT2D eigenvalue weighted by Gasteiger charge is 2.33. The van der Waals surface area contributed by atoms with Crippen molar-refractivity contribution >= 4 is 51.9 Å². The van der Waals surface area contributed by atoms with Crippen LogP contribution in [-0.2, 0) is 9.53 Å². The highest BCUT2D eigenvalue weighted by atomic mass is 127. The van der Waals surface area contributed by atoms with Gasteiger partial charge in [0, 0.05) is 3.57 Å². The Hall–Kier alpha value is -4.23. The van der Waals surface area contributed by atoms with Gasteiger partial charge in [0.25, 0.3) is 5.56 Å². The first-order valence-corrected chi connectivity index (χ1v) is 15.7. The third-order valence-electron chi connectivity index (χ3n) is 6.81. The number of esters is 2. The van der Waals surface area contributed by atoms with Gasteiger partial charge in [-0.05, 0) is 97.0 Å². The summed E-state index contributed by atoms with van der Waals surface area (Å²) in [5, 5.41) is 0. The molecule has 1 aromatic heterocycles. The van der Waals surface area contributed by atoms with Crippen molar-refractivity contribution in [3.8, 4) is 17.2 Å². The molecule has 0 saturated carbocycles. The summed E-state index contributed by atoms with van der Waals surface area (Å²) >= 11 is 3.31. The zero-order valence-electron chi connectivity index (χ0n) is 24.5. The molecule has 0 amide bonds. The molecule has 9 nitrogen and oxygen atoms in total. The molecule has 4 aromatic rings. The number of hydrogen-bond donors (Lipinski definition) is 0. The van der Waals surface area contributed by atoms with Crippen LogP contribution in [0.5, 0.6) is 17.2 Å². The second kappa shape index (κ2) is 13.6. The summed E-state index contributed by atoms with van der Waals surface area (Å²) in [5.74, 6) is 0.260. The summed E-state index contributed by atoms with van der Waals surface area (Å²) in [7, 11) is 1.57. The van der Waals surface area contributed by atoms with Gasteiger partial charge in [0.2, 0.25) is 0 Å². The quantitative estimate of drug-likeness (QED) is 0.136. The third kappa shape index (κ3) is 6.34. The maximum absolute atomic E-state index is 14.0. The van der Waals surface area contributed by atoms with Crippen molar-refractivity contribution in [1.82, 2.24) is 4.57 Å². The second-order valence-electron chi connectivity index (χ2n) is 9.58. The van der Waals surface area contributed by atoms with Crippen LogP contribution >= 0.6 is 33.9 Å². The largest absolute Gasteiger partial charge is 0.497 e. The Labute approximate surface area is 271 Å². The molecule has 11 heteroatoms. The van der Waals surface area contributed by atoms with E-state index in [0.717, 1.165) is 3.57 Å². The number of aromatic nitrogens is 1. The second-order valence-corrected chi connectivity index (χ2v) is 11.8. The average Bonchev–Trinajstić information content (AvgIpc) is 3.31. The number of halogens is 1. The van der Waals surface area contributed by atoms with Crippen LogP contribution in [0.1, 0.15) is 48.3 Å². The van der Waals surface area contributed by atoms with Gasteiger partial charge in [0.1, 0.15) is 5.75 Å². The van der Waals surface area contributed by atoms with Gasteiger partial charge in [0.05, 0.1) is 47.7 Å². The molecule has 0 saturated heterocycles. The van der Waals surface area contributed by atoms with E-state index in [9.17, 15) is 14.4 Å². The van der Waals surface area contributed by atoms with Gasteiger partial charge in [0.15, 0.2) is 16.3 Å². The van der Waals surface area contributed by atoms with Crippen molar-refractivity contribution in [2.75, 3.05) is 20.3 Å². The Morgan fingerprint density at radius 3 is 2.43 bits per heavy atom. The summed E-state index contributed by atoms with van der Waals surface area (Å²) in [4.78, 5) is 45.0. The number of thiazole rings is 1. The molecule has 0 fully saturated rings. The summed E-state index contributed by atoms with van der Waals surface area (Å²) < 4.78 is 24.9. The number of carbonyl (C=O) groups is 2. The molecule has 1 atom stereocenters. The number of hydrogen-bond acceptors (Lipinski definition) is 9. The van der Waals surface area contributed by atoms with E-state index in [2.05, 4.69) is 27.6 Å². The van der Waals surface area contributed by atoms with Crippen molar-refractivity contribution in [3.05, 3.63) is 118 Å². The average molecular weight is 725 g/mol. The van der Waals surface area contributed by atoms with Crippen LogP contribution in [0.2, 0.25) is 0 Å². The molecule has 0 unspecified atom stereocenters. The maximum atomic E-state index is 14.0. The lowest BCUT2D eigenvalue weighted by Crippen LogP contribution is -2.39. The SMILES string of the molecule is CCOC(=O)C1=C(C)N=c2sc(=Cc3ccc(OC(=O)c4ccccc4I)c(OCC)c3)c(=O)n2[C@@H]1c1ccc(OC)cc1. The fourth-order valence-corrected chi connectivity index (χ4v) is 6.45. The first-order chi connectivity index (χ1) is 21.2. The van der Waals surface area contributed by atoms with Gasteiger partial charge < -0.3 is 18.9 Å². The van der Waals surface area contributed by atoms with Gasteiger partial charge >= 0.3 is 11.9 Å². The number of allylic oxidation sites excluding steroid dienone is 1. The van der Waals surface area contributed by atoms with E-state index >= 15 is 0 Å². The standard InChI is InChI=1S/C33H29IN2O7S/c1-5-41-26-17-20(11-16-25(26)43-31(38)23-9-7-8-10-24(23)34)18-27-30(37)36-29(21-12-14-22(40-4)15-13-21)28(32(39)42-6-2)19(3)35-33(36)44-27/h7-18,29H,5-6H2,1-4H3/t29-/m1/s1. The van der Waals surface area contributed by atoms with Crippen LogP contribution < -0.4 is 29.1 Å². The number of rotatable bonds is 9. The Bertz CT molecular complexity index is 1940. The Morgan fingerprint density at radius 2 is 1.75 bits per heavy atom. The maximum Gasteiger partial charge on any atom is 0.344 e. The molecule has 44 heavy (non-hydrogen) atoms. The summed E-state index contributed by atoms with van der Waals surface area (Å²) in [5.41, 5.74) is 2.30. The van der Waals surface area contributed by atoms with Crippen LogP contribution in [0.3, 0.4) is 0 Å². The number of carbonyl (C=O) groups excluding carboxylic acids is 2. The zero-order chi connectivity index (χ0) is 31.4. The highest BCUT2D eigenvalue weighted by molar-refractivity contribution is 14.1. The van der Waals surface area contributed by atoms with Crippen molar-refractivity contribution in [2.24, 2.45) is 4.99 Å². The third-order valence-corrected chi connectivity index (χ3v) is 8.73. The van der Waals surface area contributed by atoms with Crippen LogP contribution in [-0.4, -0.2) is 36.8 Å². The Morgan fingerprint density at radius 1 is 1.00 bits per heavy atom. The van der Waals surface area contributed by atoms with Crippen LogP contribution in [0.4, 0.5) is 0 Å². The van der Waals surface area contributed by atoms with E-state index in [1.807, 2.05) is 31.2 Å². The summed E-state index contributed by atoms with van der Waals surface area (Å²) in [6, 6.07) is 18.7. The van der Waals surface area contributed by atoms with Crippen molar-refractivity contribution in [2.45, 2.75) is 26.8 Å². The lowest BCUT2D eigenvalue weighted by Gasteiger charge is -2.24. The van der Waals surface area contributed by atoms with Crippen LogP contribution in [0.15, 0.2) is 87.8 Å². The number of ether oxygens (including phenoxy) is 4. The molecule has 5 rings (SSSR count). The molecule has 226 valence electrons. The molecule has 0 spiro atoms. The number of benzene rings is 3. The first-order valence-electron chi connectivity index (χ1n) is 13.8. The number of nitrogens with zero attached hydrogens (tertiary/aromatic N) is 2. The molecular weight excluding hydrogens is 695 g/mol. The Kier molecular flexibility index (Phi) is 9.64. The Balaban J connectivity index is 1.57. The lowest BCUT2D eigenvalue weighted by molar-refractivity contribution is -0.139. The molecule has 1 aliphatic rings. The molecule has 1 aliphatic heterocycles. The van der Waals surface area contributed by atoms with Crippen molar-refractivity contribution in [3.63, 3.8) is 0 Å². The minimum absolute atomic E-state index is 0.188. The molecule has 0 radical (unpaired) electrons. The van der Waals surface area contributed by atoms with Crippen molar-refractivity contribution in [1.29, 1.82) is 0 Å². The van der Waals surface area contributed by atoms with E-state index in [0.29, 0.717) is 55.4 Å². The van der Waals surface area contributed by atoms with Gasteiger partial charge in [-0.25, -0.2) is 14.6 Å². The monoisotopic (exact) mass is 724 g/mol. The summed E-state index contributed by atoms with van der Waals surface area (Å²) in [6.07, 6.45) is 1.73. The fraction of sp³-hybridized carbons (Fsp3) is 0.212. The van der Waals surface area contributed by atoms with Gasteiger partial charge in [-0.2, -0.15) is 0 Å². The topological polar surface area (TPSA) is 105 Å². The predicted octanol–water partition coefficient (Wildman–Crippen LogP) is 5.03. The van der Waals surface area contributed by atoms with Gasteiger partial charge in [-0.1, -0.05) is 41.7 Å². The predicted molar refractivity (Wildman–Crippen MR) is 175 cm³/mol. The minimum atomic E-state index is -0.736. The highest BCUT2D eigenvalue weighted by Crippen LogP contribution is 2.32. The van der Waals surface area contributed by atoms with Crippen LogP contribution in [0, 0.1) is 3.57 Å². The van der Waals surface area contributed by atoms with Crippen molar-refractivity contribution < 1.29 is 28.5 Å². The number of methoxy groups -OCH3 is 1. The van der Waals surface area contributed by atoms with Crippen LogP contribution in [0.25, 0.3) is 6.08 Å². The molecule has 0 aliphatic carbocycles. The van der Waals surface area contributed by atoms with E-state index in [1.54, 1.807) is 69.5 Å². The van der Waals surface area contributed by atoms with E-state index in [1.165, 1.54) is 15.9 Å². The van der Waals surface area contributed by atoms with E-state index in [-0.39, 0.29) is 17.9 Å². The zero-order valence-corrected chi connectivity index (χ0v) is 27.4. The summed E-state index contributed by atoms with van der Waals surface area (Å²) in [6.45, 7) is 5.84. The normalized spacial score (nSPS) is 14.5. The fourth-order valence-electron chi connectivity index (χ4n) is 4.79. The molecule has 2 heterocycles. The van der Waals surface area contributed by atoms with Gasteiger partial charge in [-0.3, -0.25) is 9.36 Å². The first kappa shape index (κ1) is 31.2. The molecule has 0 bridgehead atoms. The van der Waals surface area contributed by atoms with Gasteiger partial charge in [-0.15, -0.1) is 0 Å². The molecular formula is C33H29IN2O7S. The molecule has 3 aromatic carbocycles. The molecule has 0 N–H and O–H groups in total. The van der Waals surface area contributed by atoms with E-state index in [4.69, 9.17) is 18.9 Å². The minimum Gasteiger partial charge on any atom is -0.497 e. The van der Waals surface area contributed by atoms with E-state index < -0.39 is 18.0 Å². The lowest BCUT2D eigenvalue weighted by atomic mass is 9.96.